The Morgan fingerprint density at radius 1 is 1.33 bits per heavy atom. The van der Waals surface area contributed by atoms with Crippen molar-refractivity contribution in [2.45, 2.75) is 26.3 Å². The predicted octanol–water partition coefficient (Wildman–Crippen LogP) is 2.69. The second-order valence-electron chi connectivity index (χ2n) is 3.10. The molecule has 0 aliphatic heterocycles. The van der Waals surface area contributed by atoms with Gasteiger partial charge in [-0.2, -0.15) is 0 Å². The first-order valence-electron chi connectivity index (χ1n) is 4.03. The summed E-state index contributed by atoms with van der Waals surface area (Å²) in [6.45, 7) is 5.02. The van der Waals surface area contributed by atoms with Crippen LogP contribution in [0, 0.1) is 0 Å². The minimum Gasteiger partial charge on any atom is -0.326 e. The first kappa shape index (κ1) is 11.5. The highest BCUT2D eigenvalue weighted by Crippen LogP contribution is 2.14. The van der Waals surface area contributed by atoms with Gasteiger partial charge in [0.1, 0.15) is 0 Å². The maximum atomic E-state index is 5.52. The molecule has 68 valence electrons. The lowest BCUT2D eigenvalue weighted by Crippen LogP contribution is -1.97. The van der Waals surface area contributed by atoms with E-state index >= 15 is 0 Å². The van der Waals surface area contributed by atoms with Crippen molar-refractivity contribution >= 4 is 12.4 Å². The number of halogens is 1. The van der Waals surface area contributed by atoms with Gasteiger partial charge in [-0.15, -0.1) is 12.4 Å². The Morgan fingerprint density at radius 3 is 2.50 bits per heavy atom. The summed E-state index contributed by atoms with van der Waals surface area (Å²) in [6, 6.07) is 8.44. The van der Waals surface area contributed by atoms with E-state index < -0.39 is 0 Å². The Bertz CT molecular complexity index is 233. The van der Waals surface area contributed by atoms with Crippen molar-refractivity contribution in [2.75, 3.05) is 0 Å². The van der Waals surface area contributed by atoms with E-state index in [0.29, 0.717) is 12.5 Å². The van der Waals surface area contributed by atoms with Gasteiger partial charge in [0.25, 0.3) is 0 Å². The standard InChI is InChI=1S/C10H15N.ClH/c1-8(2)10-5-3-4-9(6-10)7-11;/h3-6,8H,7,11H2,1-2H3;1H. The molecular formula is C10H16ClN. The number of nitrogens with two attached hydrogens (primary N) is 1. The zero-order valence-corrected chi connectivity index (χ0v) is 8.40. The van der Waals surface area contributed by atoms with Crippen LogP contribution in [0.1, 0.15) is 30.9 Å². The van der Waals surface area contributed by atoms with Gasteiger partial charge in [0.15, 0.2) is 0 Å². The molecule has 0 bridgehead atoms. The van der Waals surface area contributed by atoms with Gasteiger partial charge in [0.2, 0.25) is 0 Å². The second kappa shape index (κ2) is 5.18. The third kappa shape index (κ3) is 2.84. The molecule has 0 radical (unpaired) electrons. The highest BCUT2D eigenvalue weighted by molar-refractivity contribution is 5.85. The van der Waals surface area contributed by atoms with E-state index in [2.05, 4.69) is 38.1 Å². The zero-order valence-electron chi connectivity index (χ0n) is 7.58. The number of rotatable bonds is 2. The fraction of sp³-hybridized carbons (Fsp3) is 0.400. The first-order chi connectivity index (χ1) is 5.24. The molecule has 0 fully saturated rings. The molecule has 1 aromatic rings. The number of hydrogen-bond donors (Lipinski definition) is 1. The molecule has 0 amide bonds. The summed E-state index contributed by atoms with van der Waals surface area (Å²) in [5.41, 5.74) is 8.11. The van der Waals surface area contributed by atoms with Gasteiger partial charge in [-0.1, -0.05) is 38.1 Å². The molecule has 2 N–H and O–H groups in total. The summed E-state index contributed by atoms with van der Waals surface area (Å²) in [7, 11) is 0. The van der Waals surface area contributed by atoms with E-state index in [-0.39, 0.29) is 12.4 Å². The van der Waals surface area contributed by atoms with E-state index in [4.69, 9.17) is 5.73 Å². The molecule has 1 aromatic carbocycles. The average Bonchev–Trinajstić information content (AvgIpc) is 2.05. The van der Waals surface area contributed by atoms with Crippen LogP contribution in [0.25, 0.3) is 0 Å². The number of benzene rings is 1. The number of hydrogen-bond acceptors (Lipinski definition) is 1. The molecule has 0 atom stereocenters. The molecule has 0 spiro atoms. The fourth-order valence-corrected chi connectivity index (χ4v) is 1.08. The molecule has 0 saturated carbocycles. The van der Waals surface area contributed by atoms with Crippen LogP contribution in [0.3, 0.4) is 0 Å². The van der Waals surface area contributed by atoms with Crippen LogP contribution in [0.15, 0.2) is 24.3 Å². The maximum absolute atomic E-state index is 5.52. The van der Waals surface area contributed by atoms with Crippen molar-refractivity contribution < 1.29 is 0 Å². The molecule has 0 aliphatic carbocycles. The Kier molecular flexibility index (Phi) is 4.95. The molecule has 2 heteroatoms. The third-order valence-electron chi connectivity index (χ3n) is 1.85. The summed E-state index contributed by atoms with van der Waals surface area (Å²) in [4.78, 5) is 0. The molecule has 0 saturated heterocycles. The van der Waals surface area contributed by atoms with Crippen molar-refractivity contribution in [2.24, 2.45) is 5.73 Å². The summed E-state index contributed by atoms with van der Waals surface area (Å²) in [6.07, 6.45) is 0. The van der Waals surface area contributed by atoms with Crippen LogP contribution in [0.4, 0.5) is 0 Å². The second-order valence-corrected chi connectivity index (χ2v) is 3.10. The Balaban J connectivity index is 0.00000121. The molecule has 0 aromatic heterocycles. The third-order valence-corrected chi connectivity index (χ3v) is 1.85. The maximum Gasteiger partial charge on any atom is 0.0178 e. The van der Waals surface area contributed by atoms with E-state index in [1.165, 1.54) is 11.1 Å². The van der Waals surface area contributed by atoms with Crippen LogP contribution in [0.2, 0.25) is 0 Å². The van der Waals surface area contributed by atoms with E-state index in [0.717, 1.165) is 0 Å². The first-order valence-corrected chi connectivity index (χ1v) is 4.03. The van der Waals surface area contributed by atoms with Gasteiger partial charge in [-0.25, -0.2) is 0 Å². The Labute approximate surface area is 80.4 Å². The predicted molar refractivity (Wildman–Crippen MR) is 55.7 cm³/mol. The van der Waals surface area contributed by atoms with Gasteiger partial charge in [0, 0.05) is 6.54 Å². The Hall–Kier alpha value is -0.530. The van der Waals surface area contributed by atoms with E-state index in [1.807, 2.05) is 0 Å². The van der Waals surface area contributed by atoms with Gasteiger partial charge >= 0.3 is 0 Å². The van der Waals surface area contributed by atoms with Gasteiger partial charge < -0.3 is 5.73 Å². The summed E-state index contributed by atoms with van der Waals surface area (Å²) >= 11 is 0. The molecule has 12 heavy (non-hydrogen) atoms. The van der Waals surface area contributed by atoms with Crippen LogP contribution in [-0.2, 0) is 6.54 Å². The molecule has 0 heterocycles. The quantitative estimate of drug-likeness (QED) is 0.754. The molecule has 1 nitrogen and oxygen atoms in total. The largest absolute Gasteiger partial charge is 0.326 e. The lowest BCUT2D eigenvalue weighted by Gasteiger charge is -2.05. The topological polar surface area (TPSA) is 26.0 Å². The summed E-state index contributed by atoms with van der Waals surface area (Å²) in [5.74, 6) is 0.599. The highest BCUT2D eigenvalue weighted by Gasteiger charge is 1.97. The van der Waals surface area contributed by atoms with Crippen molar-refractivity contribution in [3.05, 3.63) is 35.4 Å². The van der Waals surface area contributed by atoms with Crippen LogP contribution in [-0.4, -0.2) is 0 Å². The van der Waals surface area contributed by atoms with Gasteiger partial charge in [-0.3, -0.25) is 0 Å². The fourth-order valence-electron chi connectivity index (χ4n) is 1.08. The van der Waals surface area contributed by atoms with Crippen molar-refractivity contribution in [3.63, 3.8) is 0 Å². The van der Waals surface area contributed by atoms with Gasteiger partial charge in [-0.05, 0) is 17.0 Å². The van der Waals surface area contributed by atoms with Crippen molar-refractivity contribution in [3.8, 4) is 0 Å². The van der Waals surface area contributed by atoms with E-state index in [9.17, 15) is 0 Å². The lowest BCUT2D eigenvalue weighted by molar-refractivity contribution is 0.861. The molecular weight excluding hydrogens is 170 g/mol. The zero-order chi connectivity index (χ0) is 8.27. The lowest BCUT2D eigenvalue weighted by atomic mass is 10.0. The molecule has 0 unspecified atom stereocenters. The molecule has 0 aliphatic rings. The van der Waals surface area contributed by atoms with Gasteiger partial charge in [0.05, 0.1) is 0 Å². The normalized spacial score (nSPS) is 9.67. The minimum absolute atomic E-state index is 0. The highest BCUT2D eigenvalue weighted by atomic mass is 35.5. The van der Waals surface area contributed by atoms with Crippen LogP contribution in [0.5, 0.6) is 0 Å². The monoisotopic (exact) mass is 185 g/mol. The van der Waals surface area contributed by atoms with Crippen LogP contribution >= 0.6 is 12.4 Å². The SMILES string of the molecule is CC(C)c1cccc(CN)c1.Cl. The minimum atomic E-state index is 0. The van der Waals surface area contributed by atoms with Crippen molar-refractivity contribution in [1.82, 2.24) is 0 Å². The summed E-state index contributed by atoms with van der Waals surface area (Å²) < 4.78 is 0. The molecule has 1 rings (SSSR count). The smallest absolute Gasteiger partial charge is 0.0178 e. The summed E-state index contributed by atoms with van der Waals surface area (Å²) in [5, 5.41) is 0. The Morgan fingerprint density at radius 2 is 2.00 bits per heavy atom. The average molecular weight is 186 g/mol. The van der Waals surface area contributed by atoms with Crippen LogP contribution < -0.4 is 5.73 Å². The van der Waals surface area contributed by atoms with Crippen molar-refractivity contribution in [1.29, 1.82) is 0 Å². The van der Waals surface area contributed by atoms with E-state index in [1.54, 1.807) is 0 Å².